The predicted molar refractivity (Wildman–Crippen MR) is 109 cm³/mol. The van der Waals surface area contributed by atoms with Gasteiger partial charge >= 0.3 is 6.03 Å². The molecule has 28 heavy (non-hydrogen) atoms. The van der Waals surface area contributed by atoms with Crippen LogP contribution in [0.2, 0.25) is 0 Å². The molecule has 1 aliphatic heterocycles. The molecule has 0 saturated carbocycles. The van der Waals surface area contributed by atoms with Gasteiger partial charge in [-0.1, -0.05) is 6.92 Å². The fourth-order valence-electron chi connectivity index (χ4n) is 4.03. The summed E-state index contributed by atoms with van der Waals surface area (Å²) in [5, 5.41) is 3.05. The summed E-state index contributed by atoms with van der Waals surface area (Å²) in [5.74, 6) is 1.34. The molecule has 0 radical (unpaired) electrons. The SMILES string of the molecule is CCc1nc2cc(NC(=O)N3CCCC(c4ccncn4)C3)ccc2n1CC. The molecule has 1 aliphatic rings. The number of benzene rings is 1. The third-order valence-electron chi connectivity index (χ3n) is 5.44. The van der Waals surface area contributed by atoms with Crippen LogP contribution in [-0.4, -0.2) is 43.5 Å². The summed E-state index contributed by atoms with van der Waals surface area (Å²) in [6.07, 6.45) is 6.24. The van der Waals surface area contributed by atoms with Crippen LogP contribution < -0.4 is 5.32 Å². The molecular weight excluding hydrogens is 352 g/mol. The van der Waals surface area contributed by atoms with E-state index in [1.165, 1.54) is 0 Å². The molecule has 1 fully saturated rings. The van der Waals surface area contributed by atoms with Crippen LogP contribution in [0.25, 0.3) is 11.0 Å². The van der Waals surface area contributed by atoms with Gasteiger partial charge in [-0.3, -0.25) is 0 Å². The first-order chi connectivity index (χ1) is 13.7. The van der Waals surface area contributed by atoms with Gasteiger partial charge in [-0.05, 0) is 44.0 Å². The second-order valence-corrected chi connectivity index (χ2v) is 7.18. The zero-order valence-corrected chi connectivity index (χ0v) is 16.4. The minimum atomic E-state index is -0.0660. The molecule has 1 unspecified atom stereocenters. The Labute approximate surface area is 164 Å². The molecule has 3 heterocycles. The average molecular weight is 378 g/mol. The number of aromatic nitrogens is 4. The number of nitrogens with one attached hydrogen (secondary N) is 1. The number of hydrogen-bond donors (Lipinski definition) is 1. The summed E-state index contributed by atoms with van der Waals surface area (Å²) in [4.78, 5) is 27.8. The maximum Gasteiger partial charge on any atom is 0.321 e. The number of hydrogen-bond acceptors (Lipinski definition) is 4. The summed E-state index contributed by atoms with van der Waals surface area (Å²) in [7, 11) is 0. The highest BCUT2D eigenvalue weighted by molar-refractivity contribution is 5.92. The fourth-order valence-corrected chi connectivity index (χ4v) is 4.03. The van der Waals surface area contributed by atoms with Crippen LogP contribution in [-0.2, 0) is 13.0 Å². The van der Waals surface area contributed by atoms with Crippen LogP contribution in [0.5, 0.6) is 0 Å². The number of anilines is 1. The molecule has 4 rings (SSSR count). The van der Waals surface area contributed by atoms with E-state index in [4.69, 9.17) is 4.98 Å². The second-order valence-electron chi connectivity index (χ2n) is 7.18. The van der Waals surface area contributed by atoms with E-state index in [1.807, 2.05) is 29.2 Å². The van der Waals surface area contributed by atoms with Crippen molar-refractivity contribution in [2.75, 3.05) is 18.4 Å². The number of carbonyl (C=O) groups excluding carboxylic acids is 1. The minimum Gasteiger partial charge on any atom is -0.328 e. The normalized spacial score (nSPS) is 17.1. The van der Waals surface area contributed by atoms with Gasteiger partial charge in [0.2, 0.25) is 0 Å². The number of amides is 2. The van der Waals surface area contributed by atoms with Crippen LogP contribution in [0.3, 0.4) is 0 Å². The van der Waals surface area contributed by atoms with E-state index in [2.05, 4.69) is 33.7 Å². The second kappa shape index (κ2) is 7.96. The van der Waals surface area contributed by atoms with E-state index in [9.17, 15) is 4.79 Å². The lowest BCUT2D eigenvalue weighted by atomic mass is 9.95. The molecule has 1 saturated heterocycles. The zero-order valence-electron chi connectivity index (χ0n) is 16.4. The first-order valence-electron chi connectivity index (χ1n) is 10.0. The van der Waals surface area contributed by atoms with Crippen LogP contribution in [0.15, 0.2) is 36.8 Å². The van der Waals surface area contributed by atoms with Gasteiger partial charge in [0.1, 0.15) is 12.2 Å². The third kappa shape index (κ3) is 3.56. The third-order valence-corrected chi connectivity index (χ3v) is 5.44. The standard InChI is InChI=1S/C21H26N6O/c1-3-20-25-18-12-16(7-8-19(18)27(20)4-2)24-21(28)26-11-5-6-15(13-26)17-9-10-22-14-23-17/h7-10,12,14-15H,3-6,11,13H2,1-2H3,(H,24,28). The Kier molecular flexibility index (Phi) is 5.23. The molecule has 7 heteroatoms. The van der Waals surface area contributed by atoms with Gasteiger partial charge in [0.15, 0.2) is 0 Å². The number of rotatable bonds is 4. The Morgan fingerprint density at radius 3 is 2.93 bits per heavy atom. The smallest absolute Gasteiger partial charge is 0.321 e. The van der Waals surface area contributed by atoms with Gasteiger partial charge in [0, 0.05) is 49.6 Å². The monoisotopic (exact) mass is 378 g/mol. The van der Waals surface area contributed by atoms with Gasteiger partial charge in [0.25, 0.3) is 0 Å². The van der Waals surface area contributed by atoms with E-state index in [1.54, 1.807) is 12.5 Å². The van der Waals surface area contributed by atoms with Gasteiger partial charge in [-0.15, -0.1) is 0 Å². The van der Waals surface area contributed by atoms with Crippen LogP contribution in [0.1, 0.15) is 44.1 Å². The molecule has 7 nitrogen and oxygen atoms in total. The highest BCUT2D eigenvalue weighted by Gasteiger charge is 2.25. The Hall–Kier alpha value is -2.96. The quantitative estimate of drug-likeness (QED) is 0.749. The minimum absolute atomic E-state index is 0.0660. The average Bonchev–Trinajstić information content (AvgIpc) is 3.11. The fraction of sp³-hybridized carbons (Fsp3) is 0.429. The number of nitrogens with zero attached hydrogens (tertiary/aromatic N) is 5. The largest absolute Gasteiger partial charge is 0.328 e. The molecule has 2 amide bonds. The predicted octanol–water partition coefficient (Wildman–Crippen LogP) is 3.82. The van der Waals surface area contributed by atoms with Gasteiger partial charge < -0.3 is 14.8 Å². The molecule has 0 aliphatic carbocycles. The first-order valence-corrected chi connectivity index (χ1v) is 10.0. The number of carbonyl (C=O) groups is 1. The molecular formula is C21H26N6O. The van der Waals surface area contributed by atoms with Crippen molar-refractivity contribution in [3.63, 3.8) is 0 Å². The lowest BCUT2D eigenvalue weighted by molar-refractivity contribution is 0.192. The summed E-state index contributed by atoms with van der Waals surface area (Å²) >= 11 is 0. The maximum absolute atomic E-state index is 12.8. The highest BCUT2D eigenvalue weighted by Crippen LogP contribution is 2.26. The number of aryl methyl sites for hydroxylation is 2. The van der Waals surface area contributed by atoms with Crippen LogP contribution in [0.4, 0.5) is 10.5 Å². The van der Waals surface area contributed by atoms with Crippen LogP contribution >= 0.6 is 0 Å². The van der Waals surface area contributed by atoms with Gasteiger partial charge in [-0.25, -0.2) is 19.7 Å². The molecule has 0 spiro atoms. The number of piperidine rings is 1. The number of imidazole rings is 1. The van der Waals surface area contributed by atoms with E-state index in [0.29, 0.717) is 6.54 Å². The Morgan fingerprint density at radius 2 is 2.18 bits per heavy atom. The van der Waals surface area contributed by atoms with Crippen molar-refractivity contribution in [3.8, 4) is 0 Å². The van der Waals surface area contributed by atoms with Crippen molar-refractivity contribution in [1.82, 2.24) is 24.4 Å². The molecule has 1 aromatic carbocycles. The molecule has 2 aromatic heterocycles. The lowest BCUT2D eigenvalue weighted by Gasteiger charge is -2.32. The van der Waals surface area contributed by atoms with E-state index in [-0.39, 0.29) is 11.9 Å². The van der Waals surface area contributed by atoms with Crippen molar-refractivity contribution in [1.29, 1.82) is 0 Å². The molecule has 3 aromatic rings. The topological polar surface area (TPSA) is 75.9 Å². The highest BCUT2D eigenvalue weighted by atomic mass is 16.2. The van der Waals surface area contributed by atoms with E-state index in [0.717, 1.165) is 60.6 Å². The zero-order chi connectivity index (χ0) is 19.5. The van der Waals surface area contributed by atoms with Crippen LogP contribution in [0, 0.1) is 0 Å². The van der Waals surface area contributed by atoms with Crippen molar-refractivity contribution in [3.05, 3.63) is 48.3 Å². The summed E-state index contributed by atoms with van der Waals surface area (Å²) in [5.41, 5.74) is 3.82. The number of fused-ring (bicyclic) bond motifs is 1. The molecule has 1 N–H and O–H groups in total. The van der Waals surface area contributed by atoms with Gasteiger partial charge in [-0.2, -0.15) is 0 Å². The Balaban J connectivity index is 1.48. The summed E-state index contributed by atoms with van der Waals surface area (Å²) in [6.45, 7) is 6.57. The molecule has 1 atom stereocenters. The van der Waals surface area contributed by atoms with Crippen molar-refractivity contribution in [2.24, 2.45) is 0 Å². The lowest BCUT2D eigenvalue weighted by Crippen LogP contribution is -2.41. The van der Waals surface area contributed by atoms with Crippen molar-refractivity contribution >= 4 is 22.8 Å². The Morgan fingerprint density at radius 1 is 1.29 bits per heavy atom. The van der Waals surface area contributed by atoms with Crippen molar-refractivity contribution in [2.45, 2.75) is 45.6 Å². The first kappa shape index (κ1) is 18.4. The maximum atomic E-state index is 12.8. The van der Waals surface area contributed by atoms with Gasteiger partial charge in [0.05, 0.1) is 11.0 Å². The summed E-state index contributed by atoms with van der Waals surface area (Å²) in [6, 6.07) is 7.84. The number of urea groups is 1. The van der Waals surface area contributed by atoms with E-state index >= 15 is 0 Å². The van der Waals surface area contributed by atoms with Crippen molar-refractivity contribution < 1.29 is 4.79 Å². The molecule has 146 valence electrons. The number of likely N-dealkylation sites (tertiary alicyclic amines) is 1. The van der Waals surface area contributed by atoms with E-state index < -0.39 is 0 Å². The molecule has 0 bridgehead atoms. The Bertz CT molecular complexity index is 968. The summed E-state index contributed by atoms with van der Waals surface area (Å²) < 4.78 is 2.22.